The number of hydrazine groups is 1. The second-order valence-corrected chi connectivity index (χ2v) is 4.12. The van der Waals surface area contributed by atoms with Crippen molar-refractivity contribution in [2.45, 2.75) is 6.54 Å². The number of aromatic hydroxyl groups is 2. The molecule has 2 aromatic carbocycles. The molecule has 4 N–H and O–H groups in total. The van der Waals surface area contributed by atoms with Gasteiger partial charge in [-0.15, -0.1) is 0 Å². The van der Waals surface area contributed by atoms with Gasteiger partial charge in [-0.1, -0.05) is 18.2 Å². The van der Waals surface area contributed by atoms with Crippen LogP contribution in [0.3, 0.4) is 0 Å². The summed E-state index contributed by atoms with van der Waals surface area (Å²) in [4.78, 5) is 11.7. The molecule has 20 heavy (non-hydrogen) atoms. The second kappa shape index (κ2) is 5.94. The van der Waals surface area contributed by atoms with E-state index in [1.165, 1.54) is 18.2 Å². The number of rotatable bonds is 3. The number of benzene rings is 2. The number of ether oxygens (including phenoxy) is 1. The number of hydrogen-bond acceptors (Lipinski definition) is 5. The topological polar surface area (TPSA) is 96.0 Å². The normalized spacial score (nSPS) is 10.1. The first-order chi connectivity index (χ1) is 9.56. The monoisotopic (exact) mass is 274 g/mol. The Labute approximate surface area is 115 Å². The third-order valence-corrected chi connectivity index (χ3v) is 2.59. The van der Waals surface area contributed by atoms with Crippen LogP contribution < -0.4 is 10.6 Å². The van der Waals surface area contributed by atoms with Gasteiger partial charge in [-0.25, -0.2) is 15.6 Å². The molecule has 6 nitrogen and oxygen atoms in total. The van der Waals surface area contributed by atoms with Crippen molar-refractivity contribution in [1.29, 1.82) is 0 Å². The molecular weight excluding hydrogens is 260 g/mol. The maximum Gasteiger partial charge on any atom is 0.429 e. The van der Waals surface area contributed by atoms with Gasteiger partial charge in [-0.05, 0) is 30.3 Å². The molecule has 0 saturated heterocycles. The molecule has 0 aromatic heterocycles. The molecule has 6 heteroatoms. The largest absolute Gasteiger partial charge is 0.508 e. The fourth-order valence-corrected chi connectivity index (χ4v) is 1.59. The third kappa shape index (κ3) is 3.39. The Morgan fingerprint density at radius 1 is 1.15 bits per heavy atom. The average molecular weight is 274 g/mol. The summed E-state index contributed by atoms with van der Waals surface area (Å²) in [6.45, 7) is -0.0914. The van der Waals surface area contributed by atoms with Crippen molar-refractivity contribution in [2.24, 2.45) is 5.84 Å². The van der Waals surface area contributed by atoms with Crippen LogP contribution in [-0.4, -0.2) is 21.3 Å². The Morgan fingerprint density at radius 3 is 2.55 bits per heavy atom. The van der Waals surface area contributed by atoms with Crippen LogP contribution >= 0.6 is 0 Å². The highest BCUT2D eigenvalue weighted by Crippen LogP contribution is 2.23. The van der Waals surface area contributed by atoms with Gasteiger partial charge >= 0.3 is 6.09 Å². The van der Waals surface area contributed by atoms with Gasteiger partial charge in [-0.2, -0.15) is 0 Å². The van der Waals surface area contributed by atoms with Gasteiger partial charge in [0.05, 0.1) is 6.54 Å². The van der Waals surface area contributed by atoms with Crippen molar-refractivity contribution < 1.29 is 19.7 Å². The van der Waals surface area contributed by atoms with Crippen LogP contribution in [0.25, 0.3) is 0 Å². The number of carbonyl (C=O) groups is 1. The minimum atomic E-state index is -0.765. The Kier molecular flexibility index (Phi) is 4.07. The van der Waals surface area contributed by atoms with E-state index >= 15 is 0 Å². The van der Waals surface area contributed by atoms with E-state index in [9.17, 15) is 15.0 Å². The van der Waals surface area contributed by atoms with Crippen LogP contribution in [0.15, 0.2) is 48.5 Å². The van der Waals surface area contributed by atoms with E-state index in [4.69, 9.17) is 10.6 Å². The summed E-state index contributed by atoms with van der Waals surface area (Å²) in [7, 11) is 0. The lowest BCUT2D eigenvalue weighted by atomic mass is 10.2. The third-order valence-electron chi connectivity index (χ3n) is 2.59. The van der Waals surface area contributed by atoms with Crippen LogP contribution in [-0.2, 0) is 6.54 Å². The van der Waals surface area contributed by atoms with E-state index in [-0.39, 0.29) is 18.0 Å². The van der Waals surface area contributed by atoms with Gasteiger partial charge in [0.25, 0.3) is 0 Å². The first kappa shape index (κ1) is 13.7. The molecule has 0 spiro atoms. The zero-order chi connectivity index (χ0) is 14.5. The van der Waals surface area contributed by atoms with Crippen molar-refractivity contribution in [3.05, 3.63) is 54.1 Å². The zero-order valence-corrected chi connectivity index (χ0v) is 10.6. The molecule has 0 aliphatic rings. The molecule has 2 aromatic rings. The minimum absolute atomic E-state index is 0.0253. The Balaban J connectivity index is 2.02. The van der Waals surface area contributed by atoms with E-state index < -0.39 is 6.09 Å². The predicted molar refractivity (Wildman–Crippen MR) is 72.0 cm³/mol. The summed E-state index contributed by atoms with van der Waals surface area (Å²) < 4.78 is 5.04. The molecule has 0 bridgehead atoms. The highest BCUT2D eigenvalue weighted by atomic mass is 16.6. The van der Waals surface area contributed by atoms with E-state index in [2.05, 4.69) is 0 Å². The van der Waals surface area contributed by atoms with Gasteiger partial charge in [0.15, 0.2) is 0 Å². The molecule has 0 atom stereocenters. The van der Waals surface area contributed by atoms with E-state index in [0.717, 1.165) is 5.01 Å². The van der Waals surface area contributed by atoms with Gasteiger partial charge in [0.2, 0.25) is 0 Å². The highest BCUT2D eigenvalue weighted by Gasteiger charge is 2.14. The summed E-state index contributed by atoms with van der Waals surface area (Å²) in [5.41, 5.74) is 0.317. The van der Waals surface area contributed by atoms with Gasteiger partial charge in [0, 0.05) is 5.56 Å². The molecule has 2 rings (SSSR count). The Hall–Kier alpha value is -2.73. The molecule has 0 aliphatic heterocycles. The molecule has 1 amide bonds. The van der Waals surface area contributed by atoms with E-state index in [1.807, 2.05) is 0 Å². The lowest BCUT2D eigenvalue weighted by Crippen LogP contribution is -2.38. The minimum Gasteiger partial charge on any atom is -0.508 e. The summed E-state index contributed by atoms with van der Waals surface area (Å²) in [6, 6.07) is 12.5. The van der Waals surface area contributed by atoms with Crippen LogP contribution in [0.5, 0.6) is 17.2 Å². The fourth-order valence-electron chi connectivity index (χ4n) is 1.59. The molecule has 104 valence electrons. The number of phenolic OH excluding ortho intramolecular Hbond substituents is 2. The number of nitrogens with zero attached hydrogens (tertiary/aromatic N) is 1. The summed E-state index contributed by atoms with van der Waals surface area (Å²) >= 11 is 0. The number of hydrogen-bond donors (Lipinski definition) is 3. The summed E-state index contributed by atoms with van der Waals surface area (Å²) in [5.74, 6) is 5.86. The lowest BCUT2D eigenvalue weighted by Gasteiger charge is -2.17. The SMILES string of the molecule is NN(Cc1cc(O)ccc1O)C(=O)Oc1ccccc1. The standard InChI is InChI=1S/C14H14N2O4/c15-16(9-10-8-11(17)6-7-13(10)18)14(19)20-12-4-2-1-3-5-12/h1-8,17-18H,9,15H2. The number of para-hydroxylation sites is 1. The first-order valence-electron chi connectivity index (χ1n) is 5.86. The zero-order valence-electron chi connectivity index (χ0n) is 10.6. The lowest BCUT2D eigenvalue weighted by molar-refractivity contribution is 0.149. The van der Waals surface area contributed by atoms with E-state index in [1.54, 1.807) is 30.3 Å². The molecule has 0 heterocycles. The predicted octanol–water partition coefficient (Wildman–Crippen LogP) is 1.97. The van der Waals surface area contributed by atoms with Crippen LogP contribution in [0, 0.1) is 0 Å². The second-order valence-electron chi connectivity index (χ2n) is 4.12. The van der Waals surface area contributed by atoms with Crippen LogP contribution in [0.1, 0.15) is 5.56 Å². The van der Waals surface area contributed by atoms with Gasteiger partial charge < -0.3 is 14.9 Å². The smallest absolute Gasteiger partial charge is 0.429 e. The van der Waals surface area contributed by atoms with E-state index in [0.29, 0.717) is 11.3 Å². The maximum atomic E-state index is 11.7. The number of nitrogens with two attached hydrogens (primary N) is 1. The van der Waals surface area contributed by atoms with Crippen molar-refractivity contribution in [2.75, 3.05) is 0 Å². The molecular formula is C14H14N2O4. The Bertz CT molecular complexity index is 601. The molecule has 0 saturated carbocycles. The Morgan fingerprint density at radius 2 is 1.85 bits per heavy atom. The fraction of sp³-hybridized carbons (Fsp3) is 0.0714. The number of carbonyl (C=O) groups excluding carboxylic acids is 1. The van der Waals surface area contributed by atoms with Crippen molar-refractivity contribution in [3.8, 4) is 17.2 Å². The average Bonchev–Trinajstić information content (AvgIpc) is 2.44. The van der Waals surface area contributed by atoms with Crippen LogP contribution in [0.4, 0.5) is 4.79 Å². The van der Waals surface area contributed by atoms with Crippen LogP contribution in [0.2, 0.25) is 0 Å². The molecule has 0 radical (unpaired) electrons. The quantitative estimate of drug-likeness (QED) is 0.344. The van der Waals surface area contributed by atoms with Crippen molar-refractivity contribution in [3.63, 3.8) is 0 Å². The summed E-state index contributed by atoms with van der Waals surface area (Å²) in [5, 5.41) is 19.8. The number of amides is 1. The molecule has 0 fully saturated rings. The van der Waals surface area contributed by atoms with Crippen molar-refractivity contribution in [1.82, 2.24) is 5.01 Å². The highest BCUT2D eigenvalue weighted by molar-refractivity contribution is 5.70. The number of phenols is 2. The first-order valence-corrected chi connectivity index (χ1v) is 5.86. The van der Waals surface area contributed by atoms with Gasteiger partial charge in [-0.3, -0.25) is 0 Å². The molecule has 0 unspecified atom stereocenters. The maximum absolute atomic E-state index is 11.7. The molecule has 0 aliphatic carbocycles. The van der Waals surface area contributed by atoms with Crippen molar-refractivity contribution >= 4 is 6.09 Å². The van der Waals surface area contributed by atoms with Gasteiger partial charge in [0.1, 0.15) is 17.2 Å². The summed E-state index contributed by atoms with van der Waals surface area (Å²) in [6.07, 6.45) is -0.765.